The predicted octanol–water partition coefficient (Wildman–Crippen LogP) is 3.57. The highest BCUT2D eigenvalue weighted by Gasteiger charge is 2.16. The molecule has 0 heterocycles. The van der Waals surface area contributed by atoms with Gasteiger partial charge >= 0.3 is 0 Å². The number of nitrogens with one attached hydrogen (secondary N) is 1. The number of anilines is 1. The minimum atomic E-state index is -3.65. The lowest BCUT2D eigenvalue weighted by Gasteiger charge is -2.12. The Hall–Kier alpha value is -1.53. The zero-order valence-corrected chi connectivity index (χ0v) is 13.5. The van der Waals surface area contributed by atoms with Gasteiger partial charge in [0.25, 0.3) is 10.0 Å². The van der Waals surface area contributed by atoms with E-state index in [2.05, 4.69) is 20.7 Å². The van der Waals surface area contributed by atoms with Gasteiger partial charge in [0.15, 0.2) is 0 Å². The van der Waals surface area contributed by atoms with Crippen molar-refractivity contribution in [1.82, 2.24) is 0 Å². The fourth-order valence-corrected chi connectivity index (χ4v) is 3.40. The van der Waals surface area contributed by atoms with E-state index < -0.39 is 10.0 Å². The van der Waals surface area contributed by atoms with Gasteiger partial charge < -0.3 is 4.74 Å². The largest absolute Gasteiger partial charge is 0.495 e. The second kappa shape index (κ2) is 5.85. The number of benzene rings is 2. The van der Waals surface area contributed by atoms with Crippen molar-refractivity contribution in [3.05, 3.63) is 52.5 Å². The summed E-state index contributed by atoms with van der Waals surface area (Å²) in [7, 11) is -2.14. The lowest BCUT2D eigenvalue weighted by molar-refractivity contribution is 0.417. The van der Waals surface area contributed by atoms with E-state index >= 15 is 0 Å². The molecule has 0 aliphatic rings. The molecule has 0 unspecified atom stereocenters. The molecule has 4 nitrogen and oxygen atoms in total. The summed E-state index contributed by atoms with van der Waals surface area (Å²) < 4.78 is 33.1. The molecule has 0 bridgehead atoms. The molecule has 2 rings (SSSR count). The first-order valence-electron chi connectivity index (χ1n) is 5.85. The van der Waals surface area contributed by atoms with E-state index in [0.29, 0.717) is 15.9 Å². The van der Waals surface area contributed by atoms with E-state index in [-0.39, 0.29) is 4.90 Å². The molecule has 2 aromatic rings. The molecule has 0 spiro atoms. The maximum atomic E-state index is 12.3. The van der Waals surface area contributed by atoms with E-state index in [1.807, 2.05) is 13.0 Å². The van der Waals surface area contributed by atoms with Crippen molar-refractivity contribution in [1.29, 1.82) is 0 Å². The molecule has 106 valence electrons. The van der Waals surface area contributed by atoms with Crippen LogP contribution in [-0.4, -0.2) is 15.5 Å². The summed E-state index contributed by atoms with van der Waals surface area (Å²) in [5.41, 5.74) is 1.37. The van der Waals surface area contributed by atoms with Gasteiger partial charge in [-0.05, 0) is 42.8 Å². The highest BCUT2D eigenvalue weighted by molar-refractivity contribution is 9.10. The fourth-order valence-electron chi connectivity index (χ4n) is 1.74. The first-order valence-corrected chi connectivity index (χ1v) is 8.13. The van der Waals surface area contributed by atoms with Crippen LogP contribution in [0.25, 0.3) is 0 Å². The van der Waals surface area contributed by atoms with E-state index in [0.717, 1.165) is 5.56 Å². The van der Waals surface area contributed by atoms with Crippen molar-refractivity contribution in [2.24, 2.45) is 0 Å². The Morgan fingerprint density at radius 2 is 1.90 bits per heavy atom. The number of hydrogen-bond donors (Lipinski definition) is 1. The van der Waals surface area contributed by atoms with Gasteiger partial charge in [-0.25, -0.2) is 8.42 Å². The van der Waals surface area contributed by atoms with Crippen molar-refractivity contribution in [2.75, 3.05) is 11.8 Å². The van der Waals surface area contributed by atoms with Crippen LogP contribution in [0.3, 0.4) is 0 Å². The summed E-state index contributed by atoms with van der Waals surface area (Å²) in [6, 6.07) is 11.8. The summed E-state index contributed by atoms with van der Waals surface area (Å²) in [4.78, 5) is 0.190. The molecule has 0 saturated heterocycles. The molecule has 0 atom stereocenters. The van der Waals surface area contributed by atoms with Crippen LogP contribution in [0.2, 0.25) is 0 Å². The van der Waals surface area contributed by atoms with E-state index in [4.69, 9.17) is 4.74 Å². The minimum Gasteiger partial charge on any atom is -0.495 e. The Morgan fingerprint density at radius 3 is 2.55 bits per heavy atom. The molecule has 2 aromatic carbocycles. The minimum absolute atomic E-state index is 0.190. The molecular formula is C14H14BrNO3S. The summed E-state index contributed by atoms with van der Waals surface area (Å²) in [5.74, 6) is 0.481. The van der Waals surface area contributed by atoms with E-state index in [1.54, 1.807) is 30.3 Å². The van der Waals surface area contributed by atoms with Crippen LogP contribution >= 0.6 is 15.9 Å². The van der Waals surface area contributed by atoms with Crippen molar-refractivity contribution in [3.8, 4) is 5.75 Å². The molecule has 0 fully saturated rings. The normalized spacial score (nSPS) is 11.2. The zero-order chi connectivity index (χ0) is 14.8. The highest BCUT2D eigenvalue weighted by Crippen LogP contribution is 2.28. The molecule has 0 saturated carbocycles. The average molecular weight is 356 g/mol. The number of halogens is 1. The van der Waals surface area contributed by atoms with Crippen molar-refractivity contribution < 1.29 is 13.2 Å². The Labute approximate surface area is 127 Å². The molecule has 6 heteroatoms. The summed E-state index contributed by atoms with van der Waals surface area (Å²) in [5, 5.41) is 0. The Balaban J connectivity index is 2.40. The number of ether oxygens (including phenoxy) is 1. The van der Waals surface area contributed by atoms with Gasteiger partial charge in [0.05, 0.1) is 17.7 Å². The highest BCUT2D eigenvalue weighted by atomic mass is 79.9. The lowest BCUT2D eigenvalue weighted by atomic mass is 10.2. The van der Waals surface area contributed by atoms with Gasteiger partial charge in [0.1, 0.15) is 5.75 Å². The summed E-state index contributed by atoms with van der Waals surface area (Å²) in [6.07, 6.45) is 0. The standard InChI is InChI=1S/C14H14BrNO3S/c1-10-6-7-14(19-2)13(8-10)16-20(17,18)12-5-3-4-11(15)9-12/h3-9,16H,1-2H3. The molecule has 0 aromatic heterocycles. The maximum absolute atomic E-state index is 12.3. The Morgan fingerprint density at radius 1 is 1.15 bits per heavy atom. The zero-order valence-electron chi connectivity index (χ0n) is 11.1. The second-order valence-corrected chi connectivity index (χ2v) is 6.86. The van der Waals surface area contributed by atoms with Gasteiger partial charge in [0.2, 0.25) is 0 Å². The monoisotopic (exact) mass is 355 g/mol. The lowest BCUT2D eigenvalue weighted by Crippen LogP contribution is -2.13. The van der Waals surface area contributed by atoms with Crippen LogP contribution in [0.5, 0.6) is 5.75 Å². The Kier molecular flexibility index (Phi) is 4.35. The van der Waals surface area contributed by atoms with E-state index in [9.17, 15) is 8.42 Å². The van der Waals surface area contributed by atoms with Crippen molar-refractivity contribution in [2.45, 2.75) is 11.8 Å². The number of rotatable bonds is 4. The molecule has 0 aliphatic heterocycles. The topological polar surface area (TPSA) is 55.4 Å². The van der Waals surface area contributed by atoms with Crippen LogP contribution in [-0.2, 0) is 10.0 Å². The van der Waals surface area contributed by atoms with Gasteiger partial charge in [-0.3, -0.25) is 4.72 Å². The van der Waals surface area contributed by atoms with Gasteiger partial charge in [-0.15, -0.1) is 0 Å². The molecule has 20 heavy (non-hydrogen) atoms. The van der Waals surface area contributed by atoms with Crippen LogP contribution in [0.15, 0.2) is 51.8 Å². The Bertz CT molecular complexity index is 729. The molecule has 1 N–H and O–H groups in total. The first-order chi connectivity index (χ1) is 9.42. The van der Waals surface area contributed by atoms with Crippen LogP contribution < -0.4 is 9.46 Å². The van der Waals surface area contributed by atoms with Crippen LogP contribution in [0.1, 0.15) is 5.56 Å². The van der Waals surface area contributed by atoms with Gasteiger partial charge in [-0.2, -0.15) is 0 Å². The fraction of sp³-hybridized carbons (Fsp3) is 0.143. The van der Waals surface area contributed by atoms with Crippen LogP contribution in [0, 0.1) is 6.92 Å². The number of sulfonamides is 1. The van der Waals surface area contributed by atoms with Crippen molar-refractivity contribution >= 4 is 31.6 Å². The van der Waals surface area contributed by atoms with E-state index in [1.165, 1.54) is 13.2 Å². The third-order valence-corrected chi connectivity index (χ3v) is 4.56. The number of hydrogen-bond acceptors (Lipinski definition) is 3. The summed E-state index contributed by atoms with van der Waals surface area (Å²) >= 11 is 3.26. The summed E-state index contributed by atoms with van der Waals surface area (Å²) in [6.45, 7) is 1.89. The maximum Gasteiger partial charge on any atom is 0.262 e. The van der Waals surface area contributed by atoms with Crippen LogP contribution in [0.4, 0.5) is 5.69 Å². The smallest absolute Gasteiger partial charge is 0.262 e. The molecule has 0 amide bonds. The average Bonchev–Trinajstić information content (AvgIpc) is 2.38. The predicted molar refractivity (Wildman–Crippen MR) is 82.7 cm³/mol. The third kappa shape index (κ3) is 3.32. The SMILES string of the molecule is COc1ccc(C)cc1NS(=O)(=O)c1cccc(Br)c1. The molecule has 0 aliphatic carbocycles. The van der Waals surface area contributed by atoms with Gasteiger partial charge in [0, 0.05) is 4.47 Å². The van der Waals surface area contributed by atoms with Gasteiger partial charge in [-0.1, -0.05) is 28.1 Å². The first kappa shape index (κ1) is 14.9. The molecule has 0 radical (unpaired) electrons. The van der Waals surface area contributed by atoms with Crippen molar-refractivity contribution in [3.63, 3.8) is 0 Å². The quantitative estimate of drug-likeness (QED) is 0.911. The molecular weight excluding hydrogens is 342 g/mol. The number of aryl methyl sites for hydroxylation is 1. The number of methoxy groups -OCH3 is 1. The third-order valence-electron chi connectivity index (χ3n) is 2.71. The second-order valence-electron chi connectivity index (χ2n) is 4.27.